The summed E-state index contributed by atoms with van der Waals surface area (Å²) in [4.78, 5) is 24.9. The number of rotatable bonds is 9. The first-order valence-electron chi connectivity index (χ1n) is 9.07. The Morgan fingerprint density at radius 3 is 2.48 bits per heavy atom. The van der Waals surface area contributed by atoms with Crippen molar-refractivity contribution in [1.29, 1.82) is 0 Å². The Kier molecular flexibility index (Phi) is 7.67. The van der Waals surface area contributed by atoms with Crippen molar-refractivity contribution in [3.63, 3.8) is 0 Å². The molecule has 6 nitrogen and oxygen atoms in total. The molecular weight excluding hydrogens is 382 g/mol. The van der Waals surface area contributed by atoms with E-state index >= 15 is 0 Å². The Morgan fingerprint density at radius 2 is 1.86 bits per heavy atom. The van der Waals surface area contributed by atoms with E-state index in [1.54, 1.807) is 43.3 Å². The smallest absolute Gasteiger partial charge is 0.387 e. The molecule has 0 bridgehead atoms. The van der Waals surface area contributed by atoms with Crippen molar-refractivity contribution in [1.82, 2.24) is 0 Å². The summed E-state index contributed by atoms with van der Waals surface area (Å²) in [7, 11) is 3.23. The van der Waals surface area contributed by atoms with E-state index < -0.39 is 12.7 Å². The van der Waals surface area contributed by atoms with Crippen LogP contribution in [0.4, 0.5) is 14.5 Å². The number of quaternary nitrogens is 1. The fourth-order valence-corrected chi connectivity index (χ4v) is 2.78. The molecule has 0 spiro atoms. The highest BCUT2D eigenvalue weighted by molar-refractivity contribution is 5.97. The maximum atomic E-state index is 12.6. The number of halogens is 2. The molecule has 1 unspecified atom stereocenters. The molecule has 0 radical (unpaired) electrons. The Morgan fingerprint density at radius 1 is 1.14 bits per heavy atom. The second kappa shape index (κ2) is 9.97. The summed E-state index contributed by atoms with van der Waals surface area (Å²) >= 11 is 0. The van der Waals surface area contributed by atoms with Gasteiger partial charge in [-0.2, -0.15) is 8.78 Å². The van der Waals surface area contributed by atoms with E-state index in [4.69, 9.17) is 4.74 Å². The molecule has 29 heavy (non-hydrogen) atoms. The second-order valence-electron chi connectivity index (χ2n) is 6.73. The highest BCUT2D eigenvalue weighted by Gasteiger charge is 2.23. The minimum absolute atomic E-state index is 0.0416. The summed E-state index contributed by atoms with van der Waals surface area (Å²) in [6.07, 6.45) is 0. The first-order chi connectivity index (χ1) is 13.7. The van der Waals surface area contributed by atoms with Crippen molar-refractivity contribution in [3.05, 3.63) is 53.6 Å². The number of ketones is 1. The van der Waals surface area contributed by atoms with Gasteiger partial charge in [0.1, 0.15) is 6.54 Å². The average Bonchev–Trinajstić information content (AvgIpc) is 2.68. The largest absolute Gasteiger partial charge is 0.493 e. The standard InChI is InChI=1S/C21H24F2N2O4/c1-13(20(27)24-17-7-5-6-16(11-17)14(2)26)25(3)12-15-8-9-18(29-21(22)23)19(10-15)28-4/h5-11,13,21H,12H2,1-4H3,(H,24,27)/p+1/t13-/m0/s1. The number of hydrogen-bond acceptors (Lipinski definition) is 4. The number of carbonyl (C=O) groups is 2. The van der Waals surface area contributed by atoms with Crippen LogP contribution in [-0.2, 0) is 11.3 Å². The van der Waals surface area contributed by atoms with Crippen molar-refractivity contribution in [2.75, 3.05) is 19.5 Å². The summed E-state index contributed by atoms with van der Waals surface area (Å²) in [5, 5.41) is 2.82. The van der Waals surface area contributed by atoms with Gasteiger partial charge in [0.15, 0.2) is 23.3 Å². The van der Waals surface area contributed by atoms with Crippen LogP contribution in [0.1, 0.15) is 29.8 Å². The van der Waals surface area contributed by atoms with Crippen LogP contribution in [0.2, 0.25) is 0 Å². The number of alkyl halides is 2. The van der Waals surface area contributed by atoms with Gasteiger partial charge in [0.05, 0.1) is 14.2 Å². The van der Waals surface area contributed by atoms with E-state index in [-0.39, 0.29) is 23.2 Å². The number of carbonyl (C=O) groups excluding carboxylic acids is 2. The van der Waals surface area contributed by atoms with Crippen molar-refractivity contribution in [3.8, 4) is 11.5 Å². The molecule has 2 aromatic carbocycles. The fourth-order valence-electron chi connectivity index (χ4n) is 2.78. The maximum absolute atomic E-state index is 12.6. The normalized spacial score (nSPS) is 12.9. The van der Waals surface area contributed by atoms with Gasteiger partial charge in [0.2, 0.25) is 0 Å². The van der Waals surface area contributed by atoms with Gasteiger partial charge in [-0.3, -0.25) is 9.59 Å². The minimum atomic E-state index is -2.94. The number of anilines is 1. The van der Waals surface area contributed by atoms with Crippen LogP contribution in [-0.4, -0.2) is 38.5 Å². The molecule has 2 rings (SSSR count). The SMILES string of the molecule is COc1cc(C[NH+](C)[C@@H](C)C(=O)Nc2cccc(C(C)=O)c2)ccc1OC(F)F. The van der Waals surface area contributed by atoms with Gasteiger partial charge in [-0.1, -0.05) is 12.1 Å². The predicted molar refractivity (Wildman–Crippen MR) is 105 cm³/mol. The molecule has 156 valence electrons. The number of benzene rings is 2. The van der Waals surface area contributed by atoms with Gasteiger partial charge in [0, 0.05) is 16.8 Å². The van der Waals surface area contributed by atoms with E-state index in [1.807, 2.05) is 7.05 Å². The van der Waals surface area contributed by atoms with Gasteiger partial charge in [0.25, 0.3) is 5.91 Å². The molecule has 0 aliphatic carbocycles. The van der Waals surface area contributed by atoms with Crippen LogP contribution >= 0.6 is 0 Å². The molecule has 0 heterocycles. The lowest BCUT2D eigenvalue weighted by atomic mass is 10.1. The maximum Gasteiger partial charge on any atom is 0.387 e. The van der Waals surface area contributed by atoms with Crippen molar-refractivity contribution in [2.45, 2.75) is 33.0 Å². The lowest BCUT2D eigenvalue weighted by molar-refractivity contribution is -0.907. The van der Waals surface area contributed by atoms with Crippen molar-refractivity contribution < 1.29 is 32.7 Å². The molecule has 0 saturated heterocycles. The van der Waals surface area contributed by atoms with Crippen LogP contribution in [0.25, 0.3) is 0 Å². The van der Waals surface area contributed by atoms with Crippen LogP contribution in [0.15, 0.2) is 42.5 Å². The zero-order chi connectivity index (χ0) is 21.6. The average molecular weight is 407 g/mol. The van der Waals surface area contributed by atoms with Gasteiger partial charge >= 0.3 is 6.61 Å². The molecular formula is C21H25F2N2O4+. The van der Waals surface area contributed by atoms with Gasteiger partial charge in [-0.25, -0.2) is 0 Å². The van der Waals surface area contributed by atoms with Crippen molar-refractivity contribution in [2.24, 2.45) is 0 Å². The van der Waals surface area contributed by atoms with E-state index in [0.717, 1.165) is 10.5 Å². The van der Waals surface area contributed by atoms with Crippen LogP contribution in [0.5, 0.6) is 11.5 Å². The van der Waals surface area contributed by atoms with Crippen molar-refractivity contribution >= 4 is 17.4 Å². The first kappa shape index (κ1) is 22.3. The monoisotopic (exact) mass is 407 g/mol. The van der Waals surface area contributed by atoms with E-state index in [1.165, 1.54) is 20.1 Å². The quantitative estimate of drug-likeness (QED) is 0.627. The van der Waals surface area contributed by atoms with E-state index in [0.29, 0.717) is 17.8 Å². The summed E-state index contributed by atoms with van der Waals surface area (Å²) in [5.74, 6) is -0.119. The molecule has 8 heteroatoms. The lowest BCUT2D eigenvalue weighted by Gasteiger charge is -2.22. The zero-order valence-electron chi connectivity index (χ0n) is 16.8. The van der Waals surface area contributed by atoms with Gasteiger partial charge in [-0.15, -0.1) is 0 Å². The third-order valence-electron chi connectivity index (χ3n) is 4.60. The molecule has 0 aliphatic rings. The highest BCUT2D eigenvalue weighted by Crippen LogP contribution is 2.29. The number of methoxy groups -OCH3 is 1. The van der Waals surface area contributed by atoms with Crippen LogP contribution in [0.3, 0.4) is 0 Å². The third-order valence-corrected chi connectivity index (χ3v) is 4.60. The van der Waals surface area contributed by atoms with Gasteiger partial charge < -0.3 is 19.7 Å². The molecule has 0 aromatic heterocycles. The third kappa shape index (κ3) is 6.25. The number of Topliss-reactive ketones (excluding diaryl/α,β-unsaturated/α-hetero) is 1. The highest BCUT2D eigenvalue weighted by atomic mass is 19.3. The fraction of sp³-hybridized carbons (Fsp3) is 0.333. The zero-order valence-corrected chi connectivity index (χ0v) is 16.8. The Balaban J connectivity index is 2.04. The molecule has 2 N–H and O–H groups in total. The Labute approximate surface area is 168 Å². The number of nitrogens with one attached hydrogen (secondary N) is 2. The van der Waals surface area contributed by atoms with Crippen LogP contribution in [0, 0.1) is 0 Å². The topological polar surface area (TPSA) is 69.1 Å². The van der Waals surface area contributed by atoms with Crippen LogP contribution < -0.4 is 19.7 Å². The van der Waals surface area contributed by atoms with Gasteiger partial charge in [-0.05, 0) is 44.2 Å². The minimum Gasteiger partial charge on any atom is -0.493 e. The molecule has 0 aliphatic heterocycles. The Bertz CT molecular complexity index is 874. The number of hydrogen-bond donors (Lipinski definition) is 2. The molecule has 1 amide bonds. The lowest BCUT2D eigenvalue weighted by Crippen LogP contribution is -3.12. The van der Waals surface area contributed by atoms with E-state index in [9.17, 15) is 18.4 Å². The summed E-state index contributed by atoms with van der Waals surface area (Å²) in [5.41, 5.74) is 1.88. The number of amides is 1. The summed E-state index contributed by atoms with van der Waals surface area (Å²) in [6, 6.07) is 11.0. The molecule has 0 saturated carbocycles. The second-order valence-corrected chi connectivity index (χ2v) is 6.73. The first-order valence-corrected chi connectivity index (χ1v) is 9.07. The summed E-state index contributed by atoms with van der Waals surface area (Å²) < 4.78 is 34.4. The van der Waals surface area contributed by atoms with E-state index in [2.05, 4.69) is 10.1 Å². The number of likely N-dealkylation sites (N-methyl/N-ethyl adjacent to an activating group) is 1. The molecule has 2 atom stereocenters. The molecule has 0 fully saturated rings. The number of ether oxygens (including phenoxy) is 2. The Hall–Kier alpha value is -3.00. The molecule has 2 aromatic rings. The summed E-state index contributed by atoms with van der Waals surface area (Å²) in [6.45, 7) is 0.777. The predicted octanol–water partition coefficient (Wildman–Crippen LogP) is 2.54.